The molecule has 2 aliphatic rings. The van der Waals surface area contributed by atoms with E-state index in [0.29, 0.717) is 31.4 Å². The van der Waals surface area contributed by atoms with Gasteiger partial charge in [0.25, 0.3) is 0 Å². The van der Waals surface area contributed by atoms with Crippen molar-refractivity contribution in [3.8, 4) is 11.8 Å². The van der Waals surface area contributed by atoms with E-state index in [1.165, 1.54) is 17.0 Å². The lowest BCUT2D eigenvalue weighted by Crippen LogP contribution is -2.59. The van der Waals surface area contributed by atoms with E-state index in [2.05, 4.69) is 22.5 Å². The van der Waals surface area contributed by atoms with Gasteiger partial charge in [0, 0.05) is 48.5 Å². The number of esters is 1. The third kappa shape index (κ3) is 13.4. The van der Waals surface area contributed by atoms with Gasteiger partial charge in [0.1, 0.15) is 31.0 Å². The summed E-state index contributed by atoms with van der Waals surface area (Å²) in [6, 6.07) is 3.68. The number of carboxylic acids is 1. The summed E-state index contributed by atoms with van der Waals surface area (Å²) in [6.45, 7) is 16.1. The Bertz CT molecular complexity index is 1800. The average Bonchev–Trinajstić information content (AvgIpc) is 3.43. The number of amides is 4. The molecule has 1 aromatic carbocycles. The molecule has 2 heterocycles. The molecule has 1 aromatic rings. The first-order valence-electron chi connectivity index (χ1n) is 20.0. The zero-order valence-electron chi connectivity index (χ0n) is 35.5. The van der Waals surface area contributed by atoms with Crippen LogP contribution in [0, 0.1) is 40.4 Å². The van der Waals surface area contributed by atoms with Gasteiger partial charge < -0.3 is 40.5 Å². The summed E-state index contributed by atoms with van der Waals surface area (Å²) in [4.78, 5) is 90.2. The number of Topliss-reactive ketones (excluding diaryl/α,β-unsaturated/α-hetero) is 1. The minimum Gasteiger partial charge on any atom is -0.479 e. The number of unbranched alkanes of at least 4 members (excludes halogenated alkanes) is 2. The first kappa shape index (κ1) is 48.7. The predicted molar refractivity (Wildman–Crippen MR) is 214 cm³/mol. The summed E-state index contributed by atoms with van der Waals surface area (Å²) < 4.78 is 10.7. The van der Waals surface area contributed by atoms with Crippen LogP contribution in [0.4, 0.5) is 5.69 Å². The molecule has 0 aromatic heterocycles. The molecule has 16 nitrogen and oxygen atoms in total. The molecule has 0 saturated carbocycles. The minimum atomic E-state index is -1.90. The third-order valence-electron chi connectivity index (χ3n) is 10.4. The molecule has 1 unspecified atom stereocenters. The van der Waals surface area contributed by atoms with Crippen molar-refractivity contribution >= 4 is 47.0 Å². The Kier molecular flexibility index (Phi) is 16.9. The van der Waals surface area contributed by atoms with Crippen LogP contribution in [0.25, 0.3) is 0 Å². The molecule has 0 bridgehead atoms. The number of anilines is 1. The van der Waals surface area contributed by atoms with Gasteiger partial charge in [0.15, 0.2) is 11.9 Å². The second-order valence-corrected chi connectivity index (χ2v) is 17.9. The summed E-state index contributed by atoms with van der Waals surface area (Å²) in [5.41, 5.74) is -0.287. The number of likely N-dealkylation sites (tertiary alicyclic amines) is 1. The van der Waals surface area contributed by atoms with Crippen LogP contribution >= 0.6 is 0 Å². The molecule has 59 heavy (non-hydrogen) atoms. The molecule has 16 heteroatoms. The number of aliphatic hydroxyl groups is 3. The highest BCUT2D eigenvalue weighted by atomic mass is 16.6. The number of aliphatic carboxylic acids is 1. The van der Waals surface area contributed by atoms with Crippen LogP contribution in [0.15, 0.2) is 18.2 Å². The van der Waals surface area contributed by atoms with E-state index in [9.17, 15) is 54.0 Å². The number of imide groups is 1. The van der Waals surface area contributed by atoms with E-state index in [1.54, 1.807) is 47.6 Å². The van der Waals surface area contributed by atoms with E-state index >= 15 is 0 Å². The van der Waals surface area contributed by atoms with Crippen molar-refractivity contribution in [2.75, 3.05) is 11.9 Å². The van der Waals surface area contributed by atoms with Crippen molar-refractivity contribution in [2.45, 2.75) is 144 Å². The van der Waals surface area contributed by atoms with Crippen LogP contribution in [-0.2, 0) is 49.6 Å². The fraction of sp³-hybridized carbons (Fsp3) is 0.651. The molecule has 2 saturated heterocycles. The Balaban J connectivity index is 1.63. The number of hydrogen-bond acceptors (Lipinski definition) is 12. The van der Waals surface area contributed by atoms with Crippen LogP contribution in [-0.4, -0.2) is 110 Å². The highest BCUT2D eigenvalue weighted by Gasteiger charge is 2.47. The molecule has 6 N–H and O–H groups in total. The number of nitrogens with one attached hydrogen (secondary N) is 2. The van der Waals surface area contributed by atoms with Gasteiger partial charge in [-0.1, -0.05) is 65.9 Å². The Morgan fingerprint density at radius 2 is 1.61 bits per heavy atom. The quantitative estimate of drug-likeness (QED) is 0.0609. The van der Waals surface area contributed by atoms with Gasteiger partial charge in [-0.25, -0.2) is 4.79 Å². The van der Waals surface area contributed by atoms with Crippen molar-refractivity contribution in [3.63, 3.8) is 0 Å². The highest BCUT2D eigenvalue weighted by molar-refractivity contribution is 6.04. The maximum Gasteiger partial charge on any atom is 0.335 e. The van der Waals surface area contributed by atoms with Gasteiger partial charge in [-0.05, 0) is 57.1 Å². The molecule has 0 aliphatic carbocycles. The predicted octanol–water partition coefficient (Wildman–Crippen LogP) is 2.72. The Hall–Kier alpha value is -4.69. The molecule has 3 rings (SSSR count). The normalized spacial score (nSPS) is 23.2. The molecular weight excluding hydrogens is 766 g/mol. The number of carbonyl (C=O) groups excluding carboxylic acids is 6. The molecule has 0 spiro atoms. The van der Waals surface area contributed by atoms with Crippen molar-refractivity contribution < 1.29 is 63.5 Å². The van der Waals surface area contributed by atoms with Gasteiger partial charge in [-0.3, -0.25) is 33.7 Å². The van der Waals surface area contributed by atoms with Gasteiger partial charge in [-0.2, -0.15) is 0 Å². The zero-order chi connectivity index (χ0) is 44.6. The standard InChI is InChI=1S/C43H61N3O13/c1-23(2)33(45-31(48)13-11-10-12-18-46-32(49)21-28(39(46)54)42(4,5)6)29(47)19-24(3)38(53)44-27-16-14-26(22-58-41(57)43(7,8)9)25(20-27)15-17-30-34(50)35(51)36(52)37(59-30)40(55)56/h14,16,20,23-24,28,30,33-37,50-52H,10-13,18-19,21-22H2,1-9H3,(H,44,53)(H,45,48)(H,55,56)/t24-,28?,30+,33+,34+,35-,36+,37+/m1/s1. The van der Waals surface area contributed by atoms with E-state index in [0.717, 1.165) is 0 Å². The smallest absolute Gasteiger partial charge is 0.335 e. The lowest BCUT2D eigenvalue weighted by molar-refractivity contribution is -0.215. The number of carboxylic acid groups (broad SMARTS) is 1. The van der Waals surface area contributed by atoms with Crippen molar-refractivity contribution in [1.29, 1.82) is 0 Å². The number of carbonyl (C=O) groups is 7. The lowest BCUT2D eigenvalue weighted by Gasteiger charge is -2.36. The Morgan fingerprint density at radius 3 is 2.19 bits per heavy atom. The molecule has 0 radical (unpaired) electrons. The van der Waals surface area contributed by atoms with Crippen molar-refractivity contribution in [3.05, 3.63) is 29.3 Å². The maximum absolute atomic E-state index is 13.4. The number of ketones is 1. The number of hydrogen-bond donors (Lipinski definition) is 6. The van der Waals surface area contributed by atoms with Crippen molar-refractivity contribution in [2.24, 2.45) is 28.6 Å². The lowest BCUT2D eigenvalue weighted by atomic mass is 9.80. The first-order chi connectivity index (χ1) is 27.3. The fourth-order valence-corrected chi connectivity index (χ4v) is 6.59. The summed E-state index contributed by atoms with van der Waals surface area (Å²) in [7, 11) is 0. The van der Waals surface area contributed by atoms with Gasteiger partial charge >= 0.3 is 11.9 Å². The average molecular weight is 828 g/mol. The summed E-state index contributed by atoms with van der Waals surface area (Å²) in [5, 5.41) is 45.6. The van der Waals surface area contributed by atoms with Crippen LogP contribution in [0.3, 0.4) is 0 Å². The maximum atomic E-state index is 13.4. The topological polar surface area (TPSA) is 246 Å². The summed E-state index contributed by atoms with van der Waals surface area (Å²) >= 11 is 0. The van der Waals surface area contributed by atoms with E-state index in [-0.39, 0.29) is 77.9 Å². The molecule has 326 valence electrons. The third-order valence-corrected chi connectivity index (χ3v) is 10.4. The number of rotatable bonds is 16. The minimum absolute atomic E-state index is 0.143. The summed E-state index contributed by atoms with van der Waals surface area (Å²) in [5.74, 6) is 0.298. The molecule has 4 amide bonds. The van der Waals surface area contributed by atoms with E-state index in [1.807, 2.05) is 20.8 Å². The molecular formula is C43H61N3O13. The Labute approximate surface area is 345 Å². The van der Waals surface area contributed by atoms with Crippen LogP contribution in [0.5, 0.6) is 0 Å². The molecule has 2 fully saturated rings. The van der Waals surface area contributed by atoms with Crippen LogP contribution in [0.1, 0.15) is 112 Å². The van der Waals surface area contributed by atoms with Gasteiger partial charge in [-0.15, -0.1) is 0 Å². The van der Waals surface area contributed by atoms with Crippen molar-refractivity contribution in [1.82, 2.24) is 10.2 Å². The molecule has 2 aliphatic heterocycles. The fourth-order valence-electron chi connectivity index (χ4n) is 6.59. The first-order valence-corrected chi connectivity index (χ1v) is 20.0. The van der Waals surface area contributed by atoms with E-state index < -0.39 is 65.7 Å². The van der Waals surface area contributed by atoms with E-state index in [4.69, 9.17) is 9.47 Å². The second-order valence-electron chi connectivity index (χ2n) is 17.9. The molecule has 8 atom stereocenters. The SMILES string of the molecule is CC(C)[C@H](NC(=O)CCCCCN1C(=O)CC(C(C)(C)C)C1=O)C(=O)C[C@@H](C)C(=O)Nc1ccc(COC(=O)C(C)(C)C)c(C#C[C@@H]2O[C@H](C(=O)O)[C@@H](O)[C@H](O)[C@H]2O)c1. The van der Waals surface area contributed by atoms with Gasteiger partial charge in [0.2, 0.25) is 23.6 Å². The highest BCUT2D eigenvalue weighted by Crippen LogP contribution is 2.35. The van der Waals surface area contributed by atoms with Crippen LogP contribution in [0.2, 0.25) is 0 Å². The monoisotopic (exact) mass is 827 g/mol. The van der Waals surface area contributed by atoms with Crippen LogP contribution < -0.4 is 10.6 Å². The number of nitrogens with zero attached hydrogens (tertiary/aromatic N) is 1. The zero-order valence-corrected chi connectivity index (χ0v) is 35.5. The van der Waals surface area contributed by atoms with Gasteiger partial charge in [0.05, 0.1) is 17.4 Å². The summed E-state index contributed by atoms with van der Waals surface area (Å²) in [6.07, 6.45) is -7.10. The number of ether oxygens (including phenoxy) is 2. The number of aliphatic hydroxyl groups excluding tert-OH is 3. The number of benzene rings is 1. The Morgan fingerprint density at radius 1 is 0.949 bits per heavy atom. The largest absolute Gasteiger partial charge is 0.479 e. The second kappa shape index (κ2) is 20.5.